The van der Waals surface area contributed by atoms with E-state index < -0.39 is 0 Å². The molecule has 2 nitrogen and oxygen atoms in total. The summed E-state index contributed by atoms with van der Waals surface area (Å²) >= 11 is 0. The highest BCUT2D eigenvalue weighted by molar-refractivity contribution is 5.13. The van der Waals surface area contributed by atoms with Crippen molar-refractivity contribution in [3.8, 4) is 0 Å². The van der Waals surface area contributed by atoms with Gasteiger partial charge < -0.3 is 4.48 Å². The minimum atomic E-state index is 0.927. The molecule has 0 atom stereocenters. The van der Waals surface area contributed by atoms with Crippen LogP contribution in [0, 0.1) is 6.92 Å². The zero-order valence-electron chi connectivity index (χ0n) is 8.33. The number of nitrogens with zero attached hydrogens (tertiary/aromatic N) is 2. The van der Waals surface area contributed by atoms with Gasteiger partial charge in [0.2, 0.25) is 0 Å². The van der Waals surface area contributed by atoms with Crippen molar-refractivity contribution in [2.45, 2.75) is 13.5 Å². The molecular formula is C10H17N2+. The van der Waals surface area contributed by atoms with Crippen molar-refractivity contribution in [1.29, 1.82) is 0 Å². The topological polar surface area (TPSA) is 12.9 Å². The van der Waals surface area contributed by atoms with Crippen LogP contribution in [0.2, 0.25) is 0 Å². The van der Waals surface area contributed by atoms with Gasteiger partial charge in [0.15, 0.2) is 0 Å². The number of aryl methyl sites for hydroxylation is 1. The van der Waals surface area contributed by atoms with Gasteiger partial charge in [0.05, 0.1) is 26.8 Å². The first kappa shape index (κ1) is 9.20. The molecule has 0 fully saturated rings. The van der Waals surface area contributed by atoms with Crippen LogP contribution < -0.4 is 0 Å². The smallest absolute Gasteiger partial charge is 0.121 e. The van der Waals surface area contributed by atoms with Crippen molar-refractivity contribution in [3.63, 3.8) is 0 Å². The Morgan fingerprint density at radius 1 is 1.33 bits per heavy atom. The quantitative estimate of drug-likeness (QED) is 0.606. The Kier molecular flexibility index (Phi) is 2.48. The van der Waals surface area contributed by atoms with Gasteiger partial charge in [-0.05, 0) is 24.6 Å². The molecule has 2 heteroatoms. The second-order valence-corrected chi connectivity index (χ2v) is 4.27. The second-order valence-electron chi connectivity index (χ2n) is 4.27. The summed E-state index contributed by atoms with van der Waals surface area (Å²) in [6.45, 7) is 3.09. The summed E-state index contributed by atoms with van der Waals surface area (Å²) in [7, 11) is 6.51. The van der Waals surface area contributed by atoms with Crippen molar-refractivity contribution in [2.75, 3.05) is 21.1 Å². The fourth-order valence-electron chi connectivity index (χ4n) is 1.17. The van der Waals surface area contributed by atoms with E-state index in [1.54, 1.807) is 0 Å². The Morgan fingerprint density at radius 2 is 2.00 bits per heavy atom. The lowest BCUT2D eigenvalue weighted by Gasteiger charge is -2.23. The zero-order chi connectivity index (χ0) is 9.19. The predicted octanol–water partition coefficient (Wildman–Crippen LogP) is 1.60. The van der Waals surface area contributed by atoms with E-state index in [4.69, 9.17) is 0 Å². The fourth-order valence-corrected chi connectivity index (χ4v) is 1.17. The number of hydrogen-bond acceptors (Lipinski definition) is 1. The Morgan fingerprint density at radius 3 is 2.50 bits per heavy atom. The molecular weight excluding hydrogens is 148 g/mol. The summed E-state index contributed by atoms with van der Waals surface area (Å²) in [5.74, 6) is 0. The van der Waals surface area contributed by atoms with Crippen molar-refractivity contribution >= 4 is 0 Å². The van der Waals surface area contributed by atoms with Crippen molar-refractivity contribution in [2.24, 2.45) is 0 Å². The van der Waals surface area contributed by atoms with Crippen LogP contribution in [0.25, 0.3) is 0 Å². The van der Waals surface area contributed by atoms with Crippen molar-refractivity contribution in [3.05, 3.63) is 29.6 Å². The summed E-state index contributed by atoms with van der Waals surface area (Å²) in [5, 5.41) is 0. The van der Waals surface area contributed by atoms with Crippen LogP contribution in [0.5, 0.6) is 0 Å². The Labute approximate surface area is 74.4 Å². The molecule has 0 aliphatic carbocycles. The summed E-state index contributed by atoms with van der Waals surface area (Å²) in [6, 6.07) is 4.17. The Hall–Kier alpha value is -0.890. The van der Waals surface area contributed by atoms with Gasteiger partial charge in [0, 0.05) is 6.20 Å². The van der Waals surface area contributed by atoms with Crippen LogP contribution in [0.1, 0.15) is 11.3 Å². The van der Waals surface area contributed by atoms with Gasteiger partial charge in [-0.2, -0.15) is 0 Å². The molecule has 1 rings (SSSR count). The van der Waals surface area contributed by atoms with E-state index in [9.17, 15) is 0 Å². The molecule has 0 N–H and O–H groups in total. The molecule has 0 aliphatic heterocycles. The molecule has 0 radical (unpaired) electrons. The molecule has 1 aromatic rings. The van der Waals surface area contributed by atoms with E-state index in [0.717, 1.165) is 11.0 Å². The van der Waals surface area contributed by atoms with Gasteiger partial charge in [-0.25, -0.2) is 0 Å². The average Bonchev–Trinajstić information content (AvgIpc) is 1.82. The van der Waals surface area contributed by atoms with E-state index in [0.29, 0.717) is 0 Å². The summed E-state index contributed by atoms with van der Waals surface area (Å²) in [4.78, 5) is 4.31. The number of quaternary nitrogens is 1. The summed E-state index contributed by atoms with van der Waals surface area (Å²) < 4.78 is 0.927. The summed E-state index contributed by atoms with van der Waals surface area (Å²) in [6.07, 6.45) is 1.88. The first-order chi connectivity index (χ1) is 5.47. The first-order valence-corrected chi connectivity index (χ1v) is 4.19. The van der Waals surface area contributed by atoms with Crippen LogP contribution in [-0.4, -0.2) is 30.6 Å². The van der Waals surface area contributed by atoms with Crippen LogP contribution in [0.15, 0.2) is 18.3 Å². The van der Waals surface area contributed by atoms with Crippen molar-refractivity contribution in [1.82, 2.24) is 4.98 Å². The second kappa shape index (κ2) is 3.23. The molecule has 1 heterocycles. The molecule has 0 bridgehead atoms. The van der Waals surface area contributed by atoms with Gasteiger partial charge >= 0.3 is 0 Å². The highest BCUT2D eigenvalue weighted by Gasteiger charge is 2.08. The maximum absolute atomic E-state index is 4.31. The van der Waals surface area contributed by atoms with Gasteiger partial charge in [0.1, 0.15) is 6.54 Å². The van der Waals surface area contributed by atoms with E-state index >= 15 is 0 Å². The standard InChI is InChI=1S/C10H17N2/c1-9-5-6-11-10(7-9)8-12(2,3)4/h5-7H,8H2,1-4H3/q+1. The van der Waals surface area contributed by atoms with Gasteiger partial charge in [-0.15, -0.1) is 0 Å². The molecule has 0 aromatic carbocycles. The van der Waals surface area contributed by atoms with E-state index in [-0.39, 0.29) is 0 Å². The molecule has 0 saturated carbocycles. The van der Waals surface area contributed by atoms with Gasteiger partial charge in [-0.3, -0.25) is 4.98 Å². The Balaban J connectivity index is 2.77. The molecule has 12 heavy (non-hydrogen) atoms. The largest absolute Gasteiger partial charge is 0.326 e. The van der Waals surface area contributed by atoms with Gasteiger partial charge in [0.25, 0.3) is 0 Å². The molecule has 0 unspecified atom stereocenters. The van der Waals surface area contributed by atoms with E-state index in [1.165, 1.54) is 11.3 Å². The van der Waals surface area contributed by atoms with Crippen LogP contribution in [0.4, 0.5) is 0 Å². The molecule has 0 saturated heterocycles. The number of aromatic nitrogens is 1. The number of hydrogen-bond donors (Lipinski definition) is 0. The monoisotopic (exact) mass is 165 g/mol. The van der Waals surface area contributed by atoms with Crippen LogP contribution in [-0.2, 0) is 6.54 Å². The lowest BCUT2D eigenvalue weighted by atomic mass is 10.2. The minimum absolute atomic E-state index is 0.927. The third-order valence-electron chi connectivity index (χ3n) is 1.61. The normalized spacial score (nSPS) is 11.7. The highest BCUT2D eigenvalue weighted by Crippen LogP contribution is 2.05. The van der Waals surface area contributed by atoms with Crippen molar-refractivity contribution < 1.29 is 4.48 Å². The molecule has 1 aromatic heterocycles. The SMILES string of the molecule is Cc1ccnc(C[N+](C)(C)C)c1. The molecule has 66 valence electrons. The van der Waals surface area contributed by atoms with Gasteiger partial charge in [-0.1, -0.05) is 0 Å². The lowest BCUT2D eigenvalue weighted by molar-refractivity contribution is -0.884. The molecule has 0 aliphatic rings. The Bertz CT molecular complexity index is 261. The number of rotatable bonds is 2. The third-order valence-corrected chi connectivity index (χ3v) is 1.61. The van der Waals surface area contributed by atoms with Crippen LogP contribution >= 0.6 is 0 Å². The zero-order valence-corrected chi connectivity index (χ0v) is 8.33. The molecule has 0 amide bonds. The first-order valence-electron chi connectivity index (χ1n) is 4.19. The van der Waals surface area contributed by atoms with E-state index in [2.05, 4.69) is 39.1 Å². The molecule has 0 spiro atoms. The van der Waals surface area contributed by atoms with E-state index in [1.807, 2.05) is 12.3 Å². The summed E-state index contributed by atoms with van der Waals surface area (Å²) in [5.41, 5.74) is 2.45. The lowest BCUT2D eigenvalue weighted by Crippen LogP contribution is -2.33. The predicted molar refractivity (Wildman–Crippen MR) is 50.7 cm³/mol. The average molecular weight is 165 g/mol. The number of pyridine rings is 1. The maximum Gasteiger partial charge on any atom is 0.121 e. The maximum atomic E-state index is 4.31. The minimum Gasteiger partial charge on any atom is -0.326 e. The van der Waals surface area contributed by atoms with Crippen LogP contribution in [0.3, 0.4) is 0 Å². The third kappa shape index (κ3) is 3.01. The fraction of sp³-hybridized carbons (Fsp3) is 0.500. The highest BCUT2D eigenvalue weighted by atomic mass is 15.3.